The zero-order valence-electron chi connectivity index (χ0n) is 21.1. The average Bonchev–Trinajstić information content (AvgIpc) is 3.19. The monoisotopic (exact) mass is 622 g/mol. The van der Waals surface area contributed by atoms with Crippen LogP contribution in [0.25, 0.3) is 5.69 Å². The molecule has 0 amide bonds. The second-order valence-electron chi connectivity index (χ2n) is 8.94. The van der Waals surface area contributed by atoms with Crippen molar-refractivity contribution in [2.45, 2.75) is 23.7 Å². The molecule has 0 saturated carbocycles. The predicted molar refractivity (Wildman–Crippen MR) is 147 cm³/mol. The van der Waals surface area contributed by atoms with Gasteiger partial charge in [0.15, 0.2) is 0 Å². The van der Waals surface area contributed by atoms with Crippen LogP contribution in [0.3, 0.4) is 0 Å². The Morgan fingerprint density at radius 1 is 0.892 bits per heavy atom. The molecule has 0 N–H and O–H groups in total. The number of halogens is 1. The number of allylic oxidation sites excluding steroid dienone is 2. The molecule has 0 spiro atoms. The second-order valence-corrected chi connectivity index (χ2v) is 18.5. The first kappa shape index (κ1) is 26.7. The van der Waals surface area contributed by atoms with E-state index in [9.17, 15) is 9.59 Å². The van der Waals surface area contributed by atoms with Crippen molar-refractivity contribution in [1.82, 2.24) is 9.78 Å². The Bertz CT molecular complexity index is 1450. The van der Waals surface area contributed by atoms with Gasteiger partial charge in [-0.1, -0.05) is 0 Å². The van der Waals surface area contributed by atoms with Crippen LogP contribution < -0.4 is 3.07 Å². The van der Waals surface area contributed by atoms with Gasteiger partial charge in [0.2, 0.25) is 0 Å². The van der Waals surface area contributed by atoms with E-state index in [1.807, 2.05) is 58.4 Å². The minimum atomic E-state index is -3.85. The van der Waals surface area contributed by atoms with Crippen LogP contribution in [0.4, 0.5) is 0 Å². The van der Waals surface area contributed by atoms with Gasteiger partial charge in [0.05, 0.1) is 0 Å². The molecule has 1 aromatic heterocycles. The minimum absolute atomic E-state index is 0.149. The Morgan fingerprint density at radius 3 is 2.11 bits per heavy atom. The summed E-state index contributed by atoms with van der Waals surface area (Å²) in [5, 5.41) is 5.19. The van der Waals surface area contributed by atoms with Crippen molar-refractivity contribution in [2.75, 3.05) is 0 Å². The van der Waals surface area contributed by atoms with E-state index in [0.717, 1.165) is 5.69 Å². The van der Waals surface area contributed by atoms with Crippen LogP contribution in [0.5, 0.6) is 5.88 Å². The van der Waals surface area contributed by atoms with Gasteiger partial charge in [-0.2, -0.15) is 0 Å². The molecule has 0 radical (unpaired) electrons. The molecule has 0 aliphatic carbocycles. The fourth-order valence-corrected chi connectivity index (χ4v) is 8.39. The Balaban J connectivity index is 1.69. The molecule has 0 bridgehead atoms. The molecule has 0 fully saturated rings. The van der Waals surface area contributed by atoms with Crippen LogP contribution in [-0.2, 0) is 3.07 Å². The van der Waals surface area contributed by atoms with Gasteiger partial charge >= 0.3 is 227 Å². The fraction of sp³-hybridized carbons (Fsp3) is 0.138. The zero-order valence-corrected chi connectivity index (χ0v) is 24.7. The van der Waals surface area contributed by atoms with Crippen LogP contribution in [-0.4, -0.2) is 40.6 Å². The molecule has 0 aliphatic heterocycles. The quantitative estimate of drug-likeness (QED) is 0.0876. The Hall–Kier alpha value is -3.36. The van der Waals surface area contributed by atoms with Crippen molar-refractivity contribution in [1.29, 1.82) is 0 Å². The summed E-state index contributed by atoms with van der Waals surface area (Å²) in [6.45, 7) is 3.52. The summed E-state index contributed by atoms with van der Waals surface area (Å²) in [4.78, 5) is 30.1. The number of aromatic nitrogens is 2. The molecule has 1 heterocycles. The molecule has 37 heavy (non-hydrogen) atoms. The van der Waals surface area contributed by atoms with E-state index in [4.69, 9.17) is 17.7 Å². The number of aryl methyl sites for hydroxylation is 1. The molecule has 3 aromatic carbocycles. The van der Waals surface area contributed by atoms with Crippen molar-refractivity contribution >= 4 is 42.4 Å². The number of ketones is 2. The van der Waals surface area contributed by atoms with Gasteiger partial charge in [-0.25, -0.2) is 0 Å². The molecule has 188 valence electrons. The summed E-state index contributed by atoms with van der Waals surface area (Å²) in [5.74, 6) is 0.415. The van der Waals surface area contributed by atoms with Crippen LogP contribution in [0.15, 0.2) is 96.8 Å². The van der Waals surface area contributed by atoms with Crippen molar-refractivity contribution in [3.8, 4) is 11.6 Å². The van der Waals surface area contributed by atoms with Crippen LogP contribution in [0, 0.1) is 6.92 Å². The van der Waals surface area contributed by atoms with Gasteiger partial charge < -0.3 is 0 Å². The molecule has 4 aromatic rings. The number of rotatable bonds is 9. The first-order valence-electron chi connectivity index (χ1n) is 11.8. The van der Waals surface area contributed by atoms with Gasteiger partial charge in [-0.05, 0) is 0 Å². The Labute approximate surface area is 226 Å². The third-order valence-corrected chi connectivity index (χ3v) is 10.0. The summed E-state index contributed by atoms with van der Waals surface area (Å²) in [5.41, 5.74) is 2.70. The average molecular weight is 622 g/mol. The van der Waals surface area contributed by atoms with E-state index in [2.05, 4.69) is 5.10 Å². The number of hydrogen-bond acceptors (Lipinski definition) is 5. The van der Waals surface area contributed by atoms with E-state index in [-0.39, 0.29) is 11.6 Å². The number of carbonyl (C=O) groups is 2. The van der Waals surface area contributed by atoms with E-state index < -0.39 is 19.2 Å². The Kier molecular flexibility index (Phi) is 8.19. The summed E-state index contributed by atoms with van der Waals surface area (Å²) >= 11 is 2.18. The molecule has 4 rings (SSSR count). The van der Waals surface area contributed by atoms with E-state index in [1.165, 1.54) is 6.08 Å². The van der Waals surface area contributed by atoms with Crippen molar-refractivity contribution in [2.24, 2.45) is 0 Å². The van der Waals surface area contributed by atoms with Gasteiger partial charge in [0.25, 0.3) is 0 Å². The van der Waals surface area contributed by atoms with E-state index in [0.29, 0.717) is 39.0 Å². The third kappa shape index (κ3) is 6.50. The van der Waals surface area contributed by atoms with Gasteiger partial charge in [-0.3, -0.25) is 0 Å². The van der Waals surface area contributed by atoms with Gasteiger partial charge in [0, 0.05) is 0 Å². The van der Waals surface area contributed by atoms with Crippen molar-refractivity contribution < 1.29 is 15.7 Å². The summed E-state index contributed by atoms with van der Waals surface area (Å²) < 4.78 is 14.4. The summed E-state index contributed by atoms with van der Waals surface area (Å²) in [6, 6.07) is 25.2. The van der Waals surface area contributed by atoms with E-state index >= 15 is 0 Å². The molecular weight excluding hydrogens is 594 g/mol. The molecule has 8 heteroatoms. The number of hydrogen-bond donors (Lipinski definition) is 0. The van der Waals surface area contributed by atoms with Gasteiger partial charge in [-0.15, -0.1) is 0 Å². The fourth-order valence-electron chi connectivity index (χ4n) is 3.89. The zero-order chi connectivity index (χ0) is 26.6. The third-order valence-electron chi connectivity index (χ3n) is 5.49. The second kappa shape index (κ2) is 11.4. The molecule has 0 aliphatic rings. The number of benzene rings is 3. The molecule has 0 saturated heterocycles. The standard InChI is InChI=1S/C17H13ClN2O2.C10H10O2.2CH3.Sn/c1-11-15(16(21)12-7-9-13(18)10-8-12)17(22)20(19-11)14-5-3-2-4-6-14;1-8(11)7-10(12)9-5-3-2-4-6-9;;;/h2-10,22H,1H3;2-7,11H,1H3;2*1H3;/q;;;;+2/p-2/b;8-7-;;;. The first-order chi connectivity index (χ1) is 17.6. The van der Waals surface area contributed by atoms with Crippen LogP contribution in [0.1, 0.15) is 38.9 Å². The maximum absolute atomic E-state index is 13.6. The molecule has 0 atom stereocenters. The first-order valence-corrected chi connectivity index (χ1v) is 20.2. The van der Waals surface area contributed by atoms with Crippen molar-refractivity contribution in [3.63, 3.8) is 0 Å². The van der Waals surface area contributed by atoms with Gasteiger partial charge in [0.1, 0.15) is 0 Å². The van der Waals surface area contributed by atoms with Crippen LogP contribution in [0.2, 0.25) is 14.9 Å². The summed E-state index contributed by atoms with van der Waals surface area (Å²) in [6.07, 6.45) is 1.47. The Morgan fingerprint density at radius 2 is 1.49 bits per heavy atom. The number of para-hydroxylation sites is 1. The van der Waals surface area contributed by atoms with E-state index in [1.54, 1.807) is 54.9 Å². The maximum atomic E-state index is 13.6. The molecular formula is C29H27ClN2O4Sn. The molecule has 0 unspecified atom stereocenters. The normalized spacial score (nSPS) is 11.8. The molecule has 6 nitrogen and oxygen atoms in total. The SMILES string of the molecule is C/C(=C/C(=O)c1ccccc1)[O][Sn]([CH3])([CH3])[O]c1c(C(=O)c2ccc(Cl)cc2)c(C)nn1-c1ccccc1. The van der Waals surface area contributed by atoms with Crippen LogP contribution >= 0.6 is 11.6 Å². The van der Waals surface area contributed by atoms with Crippen molar-refractivity contribution in [3.05, 3.63) is 124 Å². The predicted octanol–water partition coefficient (Wildman–Crippen LogP) is 6.95. The number of nitrogens with zero attached hydrogens (tertiary/aromatic N) is 2. The summed E-state index contributed by atoms with van der Waals surface area (Å²) in [7, 11) is 0. The topological polar surface area (TPSA) is 70.4 Å². The number of carbonyl (C=O) groups excluding carboxylic acids is 2.